The molecule has 4 aliphatic rings. The predicted octanol–water partition coefficient (Wildman–Crippen LogP) is 4.00. The zero-order valence-corrected chi connectivity index (χ0v) is 22.3. The highest BCUT2D eigenvalue weighted by atomic mass is 16.7. The molecule has 3 aliphatic carbocycles. The van der Waals surface area contributed by atoms with Crippen molar-refractivity contribution >= 4 is 29.0 Å². The first kappa shape index (κ1) is 25.0. The molecule has 11 nitrogen and oxygen atoms in total. The molecule has 1 aliphatic heterocycles. The molecule has 40 heavy (non-hydrogen) atoms. The van der Waals surface area contributed by atoms with E-state index in [1.54, 1.807) is 19.4 Å². The zero-order chi connectivity index (χ0) is 27.5. The van der Waals surface area contributed by atoms with E-state index in [2.05, 4.69) is 20.7 Å². The topological polar surface area (TPSA) is 143 Å². The fraction of sp³-hybridized carbons (Fsp3) is 0.448. The van der Waals surface area contributed by atoms with Gasteiger partial charge >= 0.3 is 0 Å². The van der Waals surface area contributed by atoms with Crippen molar-refractivity contribution in [3.05, 3.63) is 48.4 Å². The molecule has 1 aromatic carbocycles. The number of primary amides is 1. The van der Waals surface area contributed by atoms with E-state index in [0.717, 1.165) is 43.2 Å². The van der Waals surface area contributed by atoms with E-state index in [9.17, 15) is 9.59 Å². The molecule has 0 radical (unpaired) electrons. The third kappa shape index (κ3) is 4.03. The number of hydrogen-bond donors (Lipinski definition) is 3. The smallest absolute Gasteiger partial charge is 0.252 e. The Kier molecular flexibility index (Phi) is 5.83. The summed E-state index contributed by atoms with van der Waals surface area (Å²) in [5.41, 5.74) is 8.80. The van der Waals surface area contributed by atoms with Gasteiger partial charge in [-0.05, 0) is 37.2 Å². The molecule has 2 atom stereocenters. The van der Waals surface area contributed by atoms with Crippen LogP contribution in [0.25, 0.3) is 11.1 Å². The molecular weight excluding hydrogens is 512 g/mol. The summed E-state index contributed by atoms with van der Waals surface area (Å²) in [6.07, 6.45) is 11.3. The summed E-state index contributed by atoms with van der Waals surface area (Å²) in [6, 6.07) is 7.35. The van der Waals surface area contributed by atoms with E-state index in [4.69, 9.17) is 19.9 Å². The Balaban J connectivity index is 1.15. The number of pyridine rings is 1. The van der Waals surface area contributed by atoms with Crippen LogP contribution in [-0.2, 0) is 14.3 Å². The molecule has 11 heteroatoms. The number of para-hydroxylation sites is 1. The van der Waals surface area contributed by atoms with Crippen LogP contribution < -0.4 is 21.1 Å². The van der Waals surface area contributed by atoms with E-state index in [0.29, 0.717) is 36.2 Å². The summed E-state index contributed by atoms with van der Waals surface area (Å²) in [5.74, 6) is -0.264. The van der Waals surface area contributed by atoms with Crippen molar-refractivity contribution in [2.75, 3.05) is 31.0 Å². The minimum atomic E-state index is -0.634. The second-order valence-corrected chi connectivity index (χ2v) is 11.2. The first-order valence-corrected chi connectivity index (χ1v) is 13.8. The summed E-state index contributed by atoms with van der Waals surface area (Å²) in [5, 5.41) is 10.8. The first-order valence-electron chi connectivity index (χ1n) is 13.8. The van der Waals surface area contributed by atoms with E-state index < -0.39 is 11.7 Å². The zero-order valence-electron chi connectivity index (χ0n) is 22.3. The first-order chi connectivity index (χ1) is 19.4. The van der Waals surface area contributed by atoms with Crippen molar-refractivity contribution in [3.8, 4) is 16.9 Å². The van der Waals surface area contributed by atoms with Gasteiger partial charge in [-0.2, -0.15) is 5.10 Å². The second-order valence-electron chi connectivity index (χ2n) is 11.2. The number of carbonyl (C=O) groups is 2. The molecule has 3 saturated carbocycles. The number of hydrogen-bond acceptors (Lipinski definition) is 8. The van der Waals surface area contributed by atoms with E-state index in [1.807, 2.05) is 29.1 Å². The molecule has 2 unspecified atom stereocenters. The van der Waals surface area contributed by atoms with Gasteiger partial charge in [-0.3, -0.25) is 14.3 Å². The number of nitrogens with two attached hydrogens (primary N) is 1. The van der Waals surface area contributed by atoms with Gasteiger partial charge in [0.15, 0.2) is 5.79 Å². The van der Waals surface area contributed by atoms with Crippen LogP contribution in [0.4, 0.5) is 17.2 Å². The lowest BCUT2D eigenvalue weighted by atomic mass is 9.80. The highest BCUT2D eigenvalue weighted by Crippen LogP contribution is 2.65. The third-order valence-electron chi connectivity index (χ3n) is 9.05. The summed E-state index contributed by atoms with van der Waals surface area (Å²) >= 11 is 0. The maximum absolute atomic E-state index is 12.8. The SMILES string of the molecule is COc1c(Nc2cc(NC(=O)C3CC34CCC4)ncc2C(N)=O)cccc1-c1cnn(C2CCC23OCCO3)c1. The summed E-state index contributed by atoms with van der Waals surface area (Å²) in [7, 11) is 1.59. The minimum Gasteiger partial charge on any atom is -0.494 e. The summed E-state index contributed by atoms with van der Waals surface area (Å²) in [6.45, 7) is 1.20. The number of nitrogens with one attached hydrogen (secondary N) is 2. The van der Waals surface area contributed by atoms with Crippen molar-refractivity contribution in [2.45, 2.75) is 50.4 Å². The van der Waals surface area contributed by atoms with E-state index >= 15 is 0 Å². The van der Waals surface area contributed by atoms with Crippen LogP contribution in [0, 0.1) is 11.3 Å². The van der Waals surface area contributed by atoms with Crippen LogP contribution in [0.5, 0.6) is 5.75 Å². The molecule has 0 bridgehead atoms. The van der Waals surface area contributed by atoms with E-state index in [-0.39, 0.29) is 28.8 Å². The molecule has 3 aromatic rings. The van der Waals surface area contributed by atoms with Crippen LogP contribution in [0.2, 0.25) is 0 Å². The molecule has 208 valence electrons. The van der Waals surface area contributed by atoms with Gasteiger partial charge in [-0.15, -0.1) is 0 Å². The summed E-state index contributed by atoms with van der Waals surface area (Å²) in [4.78, 5) is 29.3. The molecule has 3 heterocycles. The average molecular weight is 545 g/mol. The van der Waals surface area contributed by atoms with Crippen LogP contribution in [-0.4, -0.2) is 52.7 Å². The second kappa shape index (κ2) is 9.31. The Bertz CT molecular complexity index is 1490. The van der Waals surface area contributed by atoms with Crippen LogP contribution in [0.3, 0.4) is 0 Å². The highest BCUT2D eigenvalue weighted by molar-refractivity contribution is 6.01. The molecular formula is C29H32N6O5. The van der Waals surface area contributed by atoms with E-state index in [1.165, 1.54) is 12.6 Å². The van der Waals surface area contributed by atoms with Crippen molar-refractivity contribution in [1.29, 1.82) is 0 Å². The van der Waals surface area contributed by atoms with Crippen LogP contribution in [0.15, 0.2) is 42.9 Å². The lowest BCUT2D eigenvalue weighted by Gasteiger charge is -2.44. The Labute approximate surface area is 231 Å². The third-order valence-corrected chi connectivity index (χ3v) is 9.05. The fourth-order valence-electron chi connectivity index (χ4n) is 6.46. The monoisotopic (exact) mass is 544 g/mol. The Hall–Kier alpha value is -3.96. The molecule has 2 aromatic heterocycles. The minimum absolute atomic E-state index is 0.0226. The number of nitrogens with zero attached hydrogens (tertiary/aromatic N) is 3. The molecule has 1 saturated heterocycles. The van der Waals surface area contributed by atoms with Crippen molar-refractivity contribution in [3.63, 3.8) is 0 Å². The van der Waals surface area contributed by atoms with Crippen LogP contribution in [0.1, 0.15) is 54.9 Å². The van der Waals surface area contributed by atoms with Gasteiger partial charge in [0.1, 0.15) is 17.6 Å². The molecule has 4 N–H and O–H groups in total. The van der Waals surface area contributed by atoms with Gasteiger partial charge in [0.05, 0.1) is 43.5 Å². The fourth-order valence-corrected chi connectivity index (χ4v) is 6.46. The molecule has 2 amide bonds. The highest BCUT2D eigenvalue weighted by Gasteiger charge is 2.61. The summed E-state index contributed by atoms with van der Waals surface area (Å²) < 4.78 is 19.5. The Morgan fingerprint density at radius 2 is 1.98 bits per heavy atom. The van der Waals surface area contributed by atoms with Gasteiger partial charge in [0, 0.05) is 41.9 Å². The van der Waals surface area contributed by atoms with Crippen molar-refractivity contribution < 1.29 is 23.8 Å². The quantitative estimate of drug-likeness (QED) is 0.386. The number of aromatic nitrogens is 3. The van der Waals surface area contributed by atoms with Gasteiger partial charge in [0.25, 0.3) is 5.91 Å². The van der Waals surface area contributed by atoms with Gasteiger partial charge in [-0.1, -0.05) is 18.6 Å². The number of methoxy groups -OCH3 is 1. The predicted molar refractivity (Wildman–Crippen MR) is 146 cm³/mol. The average Bonchev–Trinajstić information content (AvgIpc) is 3.23. The number of anilines is 3. The lowest BCUT2D eigenvalue weighted by molar-refractivity contribution is -0.242. The Morgan fingerprint density at radius 3 is 2.62 bits per heavy atom. The normalized spacial score (nSPS) is 23.3. The van der Waals surface area contributed by atoms with Gasteiger partial charge in [0.2, 0.25) is 5.91 Å². The van der Waals surface area contributed by atoms with Crippen molar-refractivity contribution in [1.82, 2.24) is 14.8 Å². The molecule has 7 rings (SSSR count). The number of ether oxygens (including phenoxy) is 3. The maximum Gasteiger partial charge on any atom is 0.252 e. The van der Waals surface area contributed by atoms with Gasteiger partial charge < -0.3 is 30.6 Å². The maximum atomic E-state index is 12.8. The van der Waals surface area contributed by atoms with Crippen LogP contribution >= 0.6 is 0 Å². The largest absolute Gasteiger partial charge is 0.494 e. The number of rotatable bonds is 8. The lowest BCUT2D eigenvalue weighted by Crippen LogP contribution is -2.49. The van der Waals surface area contributed by atoms with Crippen molar-refractivity contribution in [2.24, 2.45) is 17.1 Å². The number of carbonyl (C=O) groups excluding carboxylic acids is 2. The molecule has 4 fully saturated rings. The standard InChI is InChI=1S/C29H32N6O5/c1-38-25-18(17-14-32-35(16-17)23-6-9-29(23)39-10-11-40-29)4-2-5-21(25)33-22-12-24(31-15-19(22)26(30)36)34-27(37)20-13-28(20)7-3-8-28/h2,4-5,12,14-16,20,23H,3,6-11,13H2,1H3,(H2,30,36)(H2,31,33,34,37). The molecule has 2 spiro atoms. The van der Waals surface area contributed by atoms with Gasteiger partial charge in [-0.25, -0.2) is 4.98 Å². The number of amides is 2. The Morgan fingerprint density at radius 1 is 1.15 bits per heavy atom. The number of benzene rings is 1.